The lowest BCUT2D eigenvalue weighted by Crippen LogP contribution is -2.28. The minimum absolute atomic E-state index is 0.293. The Morgan fingerprint density at radius 3 is 2.88 bits per heavy atom. The molecule has 7 heteroatoms. The summed E-state index contributed by atoms with van der Waals surface area (Å²) in [6, 6.07) is 10.2. The van der Waals surface area contributed by atoms with E-state index in [9.17, 15) is 14.7 Å². The third-order valence-electron chi connectivity index (χ3n) is 4.58. The third-order valence-corrected chi connectivity index (χ3v) is 4.82. The number of benzene rings is 2. The highest BCUT2D eigenvalue weighted by atomic mass is 35.5. The number of aromatic hydroxyl groups is 1. The number of halogens is 1. The number of anilines is 1. The molecule has 132 valence electrons. The van der Waals surface area contributed by atoms with Gasteiger partial charge in [0.05, 0.1) is 18.3 Å². The summed E-state index contributed by atoms with van der Waals surface area (Å²) >= 11 is 5.98. The van der Waals surface area contributed by atoms with Crippen molar-refractivity contribution in [1.29, 1.82) is 0 Å². The summed E-state index contributed by atoms with van der Waals surface area (Å²) in [6.45, 7) is 0.482. The van der Waals surface area contributed by atoms with E-state index < -0.39 is 11.5 Å². The summed E-state index contributed by atoms with van der Waals surface area (Å²) in [7, 11) is 1.46. The molecule has 0 bridgehead atoms. The molecule has 0 saturated heterocycles. The Labute approximate surface area is 153 Å². The molecule has 1 amide bonds. The molecule has 0 saturated carbocycles. The highest BCUT2D eigenvalue weighted by molar-refractivity contribution is 6.31. The monoisotopic (exact) mass is 370 g/mol. The summed E-state index contributed by atoms with van der Waals surface area (Å²) in [5.74, 6) is -0.630. The molecule has 0 spiro atoms. The predicted molar refractivity (Wildman–Crippen MR) is 99.5 cm³/mol. The standard InChI is InChI=1S/C19H15ClN2O4/c1-26-14-6-5-11(20)9-13(14)21-18(24)15-17(23)12-4-2-3-10-7-8-22(16(10)12)19(15)25/h2-6,9,23H,7-8H2,1H3,(H,21,24). The smallest absolute Gasteiger partial charge is 0.267 e. The van der Waals surface area contributed by atoms with Gasteiger partial charge in [0.1, 0.15) is 17.1 Å². The molecular weight excluding hydrogens is 356 g/mol. The van der Waals surface area contributed by atoms with Crippen molar-refractivity contribution in [3.63, 3.8) is 0 Å². The number of ether oxygens (including phenoxy) is 1. The van der Waals surface area contributed by atoms with Crippen LogP contribution in [0.25, 0.3) is 10.9 Å². The number of carbonyl (C=O) groups is 1. The Bertz CT molecular complexity index is 1120. The molecule has 26 heavy (non-hydrogen) atoms. The average molecular weight is 371 g/mol. The van der Waals surface area contributed by atoms with Gasteiger partial charge in [0.25, 0.3) is 11.5 Å². The molecule has 6 nitrogen and oxygen atoms in total. The van der Waals surface area contributed by atoms with Crippen LogP contribution in [0.4, 0.5) is 5.69 Å². The van der Waals surface area contributed by atoms with Crippen LogP contribution in [0.1, 0.15) is 15.9 Å². The van der Waals surface area contributed by atoms with E-state index in [0.717, 1.165) is 5.56 Å². The number of rotatable bonds is 3. The Morgan fingerprint density at radius 2 is 2.12 bits per heavy atom. The van der Waals surface area contributed by atoms with Crippen LogP contribution in [-0.2, 0) is 13.0 Å². The maximum Gasteiger partial charge on any atom is 0.267 e. The van der Waals surface area contributed by atoms with E-state index in [1.807, 2.05) is 6.07 Å². The van der Waals surface area contributed by atoms with Gasteiger partial charge in [-0.3, -0.25) is 9.59 Å². The normalized spacial score (nSPS) is 12.4. The van der Waals surface area contributed by atoms with Gasteiger partial charge >= 0.3 is 0 Å². The number of nitrogens with one attached hydrogen (secondary N) is 1. The number of carbonyl (C=O) groups excluding carboxylic acids is 1. The second kappa shape index (κ2) is 6.07. The largest absolute Gasteiger partial charge is 0.506 e. The van der Waals surface area contributed by atoms with Gasteiger partial charge in [0.15, 0.2) is 0 Å². The number of pyridine rings is 1. The number of aromatic nitrogens is 1. The van der Waals surface area contributed by atoms with Crippen LogP contribution in [0.3, 0.4) is 0 Å². The Kier molecular flexibility index (Phi) is 3.85. The minimum atomic E-state index is -0.712. The molecule has 0 radical (unpaired) electrons. The summed E-state index contributed by atoms with van der Waals surface area (Å²) in [4.78, 5) is 25.6. The first kappa shape index (κ1) is 16.5. The predicted octanol–water partition coefficient (Wildman–Crippen LogP) is 3.18. The lowest BCUT2D eigenvalue weighted by atomic mass is 10.1. The number of hydrogen-bond donors (Lipinski definition) is 2. The second-order valence-electron chi connectivity index (χ2n) is 6.04. The van der Waals surface area contributed by atoms with Crippen LogP contribution < -0.4 is 15.6 Å². The van der Waals surface area contributed by atoms with E-state index >= 15 is 0 Å². The molecule has 0 fully saturated rings. The zero-order valence-electron chi connectivity index (χ0n) is 13.9. The summed E-state index contributed by atoms with van der Waals surface area (Å²) < 4.78 is 6.74. The van der Waals surface area contributed by atoms with E-state index in [1.165, 1.54) is 17.7 Å². The fraction of sp³-hybridized carbons (Fsp3) is 0.158. The summed E-state index contributed by atoms with van der Waals surface area (Å²) in [6.07, 6.45) is 0.694. The Hall–Kier alpha value is -2.99. The van der Waals surface area contributed by atoms with Crippen molar-refractivity contribution in [2.24, 2.45) is 0 Å². The SMILES string of the molecule is COc1ccc(Cl)cc1NC(=O)c1c(O)c2cccc3c2n(c1=O)CC3. The third kappa shape index (κ3) is 2.42. The average Bonchev–Trinajstić information content (AvgIpc) is 3.05. The van der Waals surface area contributed by atoms with Crippen molar-refractivity contribution in [3.8, 4) is 11.5 Å². The maximum atomic E-state index is 12.8. The van der Waals surface area contributed by atoms with Gasteiger partial charge in [0.2, 0.25) is 0 Å². The lowest BCUT2D eigenvalue weighted by Gasteiger charge is -2.13. The van der Waals surface area contributed by atoms with Crippen LogP contribution in [0, 0.1) is 0 Å². The van der Waals surface area contributed by atoms with Gasteiger partial charge in [-0.2, -0.15) is 0 Å². The maximum absolute atomic E-state index is 12.8. The molecule has 1 aliphatic heterocycles. The van der Waals surface area contributed by atoms with Crippen molar-refractivity contribution >= 4 is 34.1 Å². The summed E-state index contributed by atoms with van der Waals surface area (Å²) in [5, 5.41) is 14.1. The second-order valence-corrected chi connectivity index (χ2v) is 6.48. The Morgan fingerprint density at radius 1 is 1.31 bits per heavy atom. The van der Waals surface area contributed by atoms with E-state index in [0.29, 0.717) is 40.3 Å². The number of para-hydroxylation sites is 1. The number of methoxy groups -OCH3 is 1. The van der Waals surface area contributed by atoms with E-state index in [4.69, 9.17) is 16.3 Å². The Balaban J connectivity index is 1.85. The molecule has 2 heterocycles. The fourth-order valence-electron chi connectivity index (χ4n) is 3.39. The van der Waals surface area contributed by atoms with Crippen LogP contribution in [0.2, 0.25) is 5.02 Å². The molecule has 1 aromatic heterocycles. The van der Waals surface area contributed by atoms with Gasteiger partial charge in [0, 0.05) is 17.0 Å². The first-order chi connectivity index (χ1) is 12.5. The zero-order valence-corrected chi connectivity index (χ0v) is 14.6. The van der Waals surface area contributed by atoms with Crippen molar-refractivity contribution in [2.75, 3.05) is 12.4 Å². The molecule has 0 aliphatic carbocycles. The first-order valence-electron chi connectivity index (χ1n) is 8.03. The van der Waals surface area contributed by atoms with Crippen molar-refractivity contribution in [1.82, 2.24) is 4.57 Å². The van der Waals surface area contributed by atoms with E-state index in [1.54, 1.807) is 24.3 Å². The number of amides is 1. The summed E-state index contributed by atoms with van der Waals surface area (Å²) in [5.41, 5.74) is 1.18. The van der Waals surface area contributed by atoms with Gasteiger partial charge in [-0.25, -0.2) is 0 Å². The van der Waals surface area contributed by atoms with Crippen molar-refractivity contribution in [3.05, 3.63) is 62.9 Å². The zero-order chi connectivity index (χ0) is 18.4. The van der Waals surface area contributed by atoms with Gasteiger partial charge in [-0.15, -0.1) is 0 Å². The number of hydrogen-bond acceptors (Lipinski definition) is 4. The van der Waals surface area contributed by atoms with Gasteiger partial charge in [-0.1, -0.05) is 23.7 Å². The fourth-order valence-corrected chi connectivity index (χ4v) is 3.56. The van der Waals surface area contributed by atoms with Gasteiger partial charge < -0.3 is 19.7 Å². The van der Waals surface area contributed by atoms with E-state index in [-0.39, 0.29) is 11.3 Å². The molecule has 3 aromatic rings. The lowest BCUT2D eigenvalue weighted by molar-refractivity contribution is 0.102. The molecular formula is C19H15ClN2O4. The molecule has 4 rings (SSSR count). The van der Waals surface area contributed by atoms with Crippen LogP contribution in [0.15, 0.2) is 41.2 Å². The minimum Gasteiger partial charge on any atom is -0.506 e. The van der Waals surface area contributed by atoms with Gasteiger partial charge in [-0.05, 0) is 36.2 Å². The quantitative estimate of drug-likeness (QED) is 0.742. The highest BCUT2D eigenvalue weighted by Gasteiger charge is 2.26. The highest BCUT2D eigenvalue weighted by Crippen LogP contribution is 2.33. The van der Waals surface area contributed by atoms with Crippen LogP contribution in [0.5, 0.6) is 11.5 Å². The number of nitrogens with zero attached hydrogens (tertiary/aromatic N) is 1. The number of aryl methyl sites for hydroxylation is 2. The molecule has 2 N–H and O–H groups in total. The first-order valence-corrected chi connectivity index (χ1v) is 8.41. The molecule has 0 atom stereocenters. The molecule has 0 unspecified atom stereocenters. The van der Waals surface area contributed by atoms with Crippen LogP contribution >= 0.6 is 11.6 Å². The van der Waals surface area contributed by atoms with Crippen molar-refractivity contribution in [2.45, 2.75) is 13.0 Å². The molecule has 1 aliphatic rings. The van der Waals surface area contributed by atoms with Crippen molar-refractivity contribution < 1.29 is 14.6 Å². The van der Waals surface area contributed by atoms with E-state index in [2.05, 4.69) is 5.32 Å². The molecule has 2 aromatic carbocycles. The topological polar surface area (TPSA) is 80.6 Å². The van der Waals surface area contributed by atoms with Crippen LogP contribution in [-0.4, -0.2) is 22.7 Å².